The number of benzene rings is 1. The highest BCUT2D eigenvalue weighted by molar-refractivity contribution is 5.72. The van der Waals surface area contributed by atoms with Crippen molar-refractivity contribution in [2.24, 2.45) is 0 Å². The number of carboxylic acids is 1. The largest absolute Gasteiger partial charge is 0.496 e. The summed E-state index contributed by atoms with van der Waals surface area (Å²) < 4.78 is 4.99. The maximum absolute atomic E-state index is 10.7. The Morgan fingerprint density at radius 3 is 2.62 bits per heavy atom. The highest BCUT2D eigenvalue weighted by atomic mass is 16.6. The average molecular weight is 225 g/mol. The molecule has 0 bridgehead atoms. The third-order valence-electron chi connectivity index (χ3n) is 2.13. The van der Waals surface area contributed by atoms with E-state index in [0.29, 0.717) is 11.3 Å². The lowest BCUT2D eigenvalue weighted by Gasteiger charge is -2.07. The lowest BCUT2D eigenvalue weighted by atomic mass is 10.1. The molecule has 0 amide bonds. The average Bonchev–Trinajstić information content (AvgIpc) is 2.19. The summed E-state index contributed by atoms with van der Waals surface area (Å²) in [7, 11) is 1.43. The van der Waals surface area contributed by atoms with Crippen LogP contribution in [0.25, 0.3) is 0 Å². The number of carboxylic acid groups (broad SMARTS) is 1. The van der Waals surface area contributed by atoms with Crippen LogP contribution >= 0.6 is 0 Å². The third-order valence-corrected chi connectivity index (χ3v) is 2.13. The van der Waals surface area contributed by atoms with Gasteiger partial charge in [-0.05, 0) is 18.6 Å². The number of nitrogens with zero attached hydrogens (tertiary/aromatic N) is 1. The molecule has 1 aromatic carbocycles. The lowest BCUT2D eigenvalue weighted by Crippen LogP contribution is -2.05. The fourth-order valence-electron chi connectivity index (χ4n) is 1.41. The molecule has 0 atom stereocenters. The zero-order valence-corrected chi connectivity index (χ0v) is 8.89. The number of aliphatic carboxylic acids is 1. The summed E-state index contributed by atoms with van der Waals surface area (Å²) in [6.07, 6.45) is -0.396. The summed E-state index contributed by atoms with van der Waals surface area (Å²) in [6.45, 7) is 1.66. The molecule has 0 fully saturated rings. The first-order valence-electron chi connectivity index (χ1n) is 4.49. The van der Waals surface area contributed by atoms with E-state index in [1.807, 2.05) is 0 Å². The van der Waals surface area contributed by atoms with E-state index in [2.05, 4.69) is 0 Å². The maximum atomic E-state index is 10.7. The van der Waals surface area contributed by atoms with Crippen LogP contribution < -0.4 is 4.74 Å². The zero-order valence-electron chi connectivity index (χ0n) is 8.89. The fraction of sp³-hybridized carbons (Fsp3) is 0.300. The number of nitro groups is 1. The molecule has 16 heavy (non-hydrogen) atoms. The molecule has 0 spiro atoms. The van der Waals surface area contributed by atoms with Crippen molar-refractivity contribution >= 4 is 11.7 Å². The molecule has 1 N–H and O–H groups in total. The standard InChI is InChI=1S/C10H11NO5/c1-6-3-8(11(14)15)7(5-10(12)13)4-9(6)16-2/h3-4H,5H2,1-2H3,(H,12,13). The van der Waals surface area contributed by atoms with Crippen molar-refractivity contribution in [3.63, 3.8) is 0 Å². The molecule has 86 valence electrons. The third kappa shape index (κ3) is 2.47. The van der Waals surface area contributed by atoms with E-state index in [1.54, 1.807) is 6.92 Å². The van der Waals surface area contributed by atoms with E-state index in [4.69, 9.17) is 9.84 Å². The van der Waals surface area contributed by atoms with Gasteiger partial charge in [0.2, 0.25) is 0 Å². The molecule has 0 radical (unpaired) electrons. The molecule has 0 aromatic heterocycles. The summed E-state index contributed by atoms with van der Waals surface area (Å²) in [5.41, 5.74) is 0.545. The molecule has 0 aliphatic rings. The predicted octanol–water partition coefficient (Wildman–Crippen LogP) is 1.54. The second-order valence-electron chi connectivity index (χ2n) is 3.28. The van der Waals surface area contributed by atoms with Gasteiger partial charge in [0.05, 0.1) is 18.5 Å². The normalized spacial score (nSPS) is 9.88. The van der Waals surface area contributed by atoms with Crippen LogP contribution in [0, 0.1) is 17.0 Å². The van der Waals surface area contributed by atoms with Crippen molar-refractivity contribution in [1.29, 1.82) is 0 Å². The van der Waals surface area contributed by atoms with Gasteiger partial charge in [-0.3, -0.25) is 14.9 Å². The van der Waals surface area contributed by atoms with Gasteiger partial charge >= 0.3 is 5.97 Å². The molecule has 1 rings (SSSR count). The Bertz CT molecular complexity index is 441. The first kappa shape index (κ1) is 12.0. The Labute approximate surface area is 91.6 Å². The molecule has 0 aliphatic carbocycles. The Balaban J connectivity index is 3.30. The SMILES string of the molecule is COc1cc(CC(=O)O)c([N+](=O)[O-])cc1C. The van der Waals surface area contributed by atoms with Gasteiger partial charge in [0.25, 0.3) is 5.69 Å². The molecule has 0 heterocycles. The highest BCUT2D eigenvalue weighted by Gasteiger charge is 2.18. The minimum Gasteiger partial charge on any atom is -0.496 e. The van der Waals surface area contributed by atoms with Gasteiger partial charge in [-0.2, -0.15) is 0 Å². The predicted molar refractivity (Wildman–Crippen MR) is 55.7 cm³/mol. The molecule has 0 saturated heterocycles. The number of methoxy groups -OCH3 is 1. The highest BCUT2D eigenvalue weighted by Crippen LogP contribution is 2.28. The van der Waals surface area contributed by atoms with Crippen LogP contribution in [0.5, 0.6) is 5.75 Å². The number of ether oxygens (including phenoxy) is 1. The first-order chi connectivity index (χ1) is 7.45. The topological polar surface area (TPSA) is 89.7 Å². The minimum atomic E-state index is -1.12. The lowest BCUT2D eigenvalue weighted by molar-refractivity contribution is -0.385. The molecule has 0 unspecified atom stereocenters. The summed E-state index contributed by atoms with van der Waals surface area (Å²) in [5.74, 6) is -0.671. The van der Waals surface area contributed by atoms with Gasteiger partial charge < -0.3 is 9.84 Å². The van der Waals surface area contributed by atoms with Gasteiger partial charge in [-0.25, -0.2) is 0 Å². The number of hydrogen-bond donors (Lipinski definition) is 1. The molecule has 6 heteroatoms. The Hall–Kier alpha value is -2.11. The van der Waals surface area contributed by atoms with Crippen LogP contribution in [0.3, 0.4) is 0 Å². The molecular weight excluding hydrogens is 214 g/mol. The van der Waals surface area contributed by atoms with E-state index in [1.165, 1.54) is 19.2 Å². The quantitative estimate of drug-likeness (QED) is 0.620. The number of aryl methyl sites for hydroxylation is 1. The van der Waals surface area contributed by atoms with E-state index < -0.39 is 17.3 Å². The van der Waals surface area contributed by atoms with Crippen LogP contribution in [0.15, 0.2) is 12.1 Å². The number of nitro benzene ring substituents is 1. The van der Waals surface area contributed by atoms with Crippen molar-refractivity contribution in [2.75, 3.05) is 7.11 Å². The summed E-state index contributed by atoms with van der Waals surface area (Å²) >= 11 is 0. The van der Waals surface area contributed by atoms with Gasteiger partial charge in [0.15, 0.2) is 0 Å². The summed E-state index contributed by atoms with van der Waals surface area (Å²) in [6, 6.07) is 2.71. The monoisotopic (exact) mass is 225 g/mol. The summed E-state index contributed by atoms with van der Waals surface area (Å²) in [5, 5.41) is 19.4. The van der Waals surface area contributed by atoms with E-state index >= 15 is 0 Å². The van der Waals surface area contributed by atoms with Crippen molar-refractivity contribution < 1.29 is 19.6 Å². The van der Waals surface area contributed by atoms with Gasteiger partial charge in [0, 0.05) is 11.6 Å². The Kier molecular flexibility index (Phi) is 3.44. The number of carbonyl (C=O) groups is 1. The molecule has 1 aromatic rings. The zero-order chi connectivity index (χ0) is 12.3. The van der Waals surface area contributed by atoms with Crippen molar-refractivity contribution in [3.8, 4) is 5.75 Å². The second-order valence-corrected chi connectivity index (χ2v) is 3.28. The fourth-order valence-corrected chi connectivity index (χ4v) is 1.41. The second kappa shape index (κ2) is 4.61. The van der Waals surface area contributed by atoms with E-state index in [-0.39, 0.29) is 11.3 Å². The molecule has 0 aliphatic heterocycles. The molecule has 6 nitrogen and oxygen atoms in total. The summed E-state index contributed by atoms with van der Waals surface area (Å²) in [4.78, 5) is 20.7. The Morgan fingerprint density at radius 1 is 1.56 bits per heavy atom. The van der Waals surface area contributed by atoms with Gasteiger partial charge in [-0.1, -0.05) is 0 Å². The van der Waals surface area contributed by atoms with Gasteiger partial charge in [0.1, 0.15) is 5.75 Å². The van der Waals surface area contributed by atoms with Crippen LogP contribution in [-0.4, -0.2) is 23.1 Å². The van der Waals surface area contributed by atoms with E-state index in [0.717, 1.165) is 0 Å². The van der Waals surface area contributed by atoms with Crippen LogP contribution in [0.1, 0.15) is 11.1 Å². The minimum absolute atomic E-state index is 0.139. The van der Waals surface area contributed by atoms with Crippen molar-refractivity contribution in [2.45, 2.75) is 13.3 Å². The van der Waals surface area contributed by atoms with Gasteiger partial charge in [-0.15, -0.1) is 0 Å². The Morgan fingerprint density at radius 2 is 2.19 bits per heavy atom. The molecular formula is C10H11NO5. The smallest absolute Gasteiger partial charge is 0.308 e. The number of hydrogen-bond acceptors (Lipinski definition) is 4. The maximum Gasteiger partial charge on any atom is 0.308 e. The van der Waals surface area contributed by atoms with Crippen molar-refractivity contribution in [1.82, 2.24) is 0 Å². The van der Waals surface area contributed by atoms with E-state index in [9.17, 15) is 14.9 Å². The van der Waals surface area contributed by atoms with Crippen LogP contribution in [0.4, 0.5) is 5.69 Å². The van der Waals surface area contributed by atoms with Crippen LogP contribution in [0.2, 0.25) is 0 Å². The van der Waals surface area contributed by atoms with Crippen LogP contribution in [-0.2, 0) is 11.2 Å². The number of rotatable bonds is 4. The molecule has 0 saturated carbocycles. The van der Waals surface area contributed by atoms with Crippen molar-refractivity contribution in [3.05, 3.63) is 33.4 Å². The first-order valence-corrected chi connectivity index (χ1v) is 4.49.